The fourth-order valence-corrected chi connectivity index (χ4v) is 1.63. The number of carbonyl (C=O) groups excluding carboxylic acids is 1. The van der Waals surface area contributed by atoms with Gasteiger partial charge in [0.05, 0.1) is 13.6 Å². The SMILES string of the molecule is C[n+]1ccn(C(=O)N2CCC(F)(F)C2)c1.[I-]. The summed E-state index contributed by atoms with van der Waals surface area (Å²) in [6, 6.07) is -0.396. The molecule has 16 heavy (non-hydrogen) atoms. The molecule has 1 aliphatic heterocycles. The molecule has 0 unspecified atom stereocenters. The molecule has 0 spiro atoms. The molecule has 0 saturated carbocycles. The van der Waals surface area contributed by atoms with Gasteiger partial charge in [-0.15, -0.1) is 0 Å². The highest BCUT2D eigenvalue weighted by Gasteiger charge is 2.41. The van der Waals surface area contributed by atoms with E-state index >= 15 is 0 Å². The number of aryl methyl sites for hydroxylation is 1. The standard InChI is InChI=1S/C9H12F2N3O.HI/c1-12-4-5-14(7-12)8(15)13-3-2-9(10,11)6-13;/h4-5,7H,2-3,6H2,1H3;1H/q+1;/p-1. The first-order valence-electron chi connectivity index (χ1n) is 4.68. The molecule has 4 nitrogen and oxygen atoms in total. The molecule has 0 bridgehead atoms. The Kier molecular flexibility index (Phi) is 3.87. The lowest BCUT2D eigenvalue weighted by Crippen LogP contribution is -3.00. The van der Waals surface area contributed by atoms with Crippen LogP contribution in [0.4, 0.5) is 13.6 Å². The number of aromatic nitrogens is 2. The average Bonchev–Trinajstić information content (AvgIpc) is 2.71. The minimum Gasteiger partial charge on any atom is -1.00 e. The lowest BCUT2D eigenvalue weighted by molar-refractivity contribution is -0.670. The van der Waals surface area contributed by atoms with Crippen LogP contribution in [0.2, 0.25) is 0 Å². The van der Waals surface area contributed by atoms with Crippen molar-refractivity contribution in [3.8, 4) is 0 Å². The molecule has 0 aromatic carbocycles. The van der Waals surface area contributed by atoms with Crippen molar-refractivity contribution in [1.82, 2.24) is 9.47 Å². The van der Waals surface area contributed by atoms with Crippen molar-refractivity contribution >= 4 is 6.03 Å². The lowest BCUT2D eigenvalue weighted by atomic mass is 10.3. The predicted octanol–water partition coefficient (Wildman–Crippen LogP) is -2.37. The van der Waals surface area contributed by atoms with Crippen LogP contribution >= 0.6 is 0 Å². The zero-order valence-corrected chi connectivity index (χ0v) is 10.9. The minimum atomic E-state index is -2.73. The van der Waals surface area contributed by atoms with Gasteiger partial charge < -0.3 is 24.0 Å². The van der Waals surface area contributed by atoms with Gasteiger partial charge in [0.1, 0.15) is 12.4 Å². The summed E-state index contributed by atoms with van der Waals surface area (Å²) < 4.78 is 28.7. The highest BCUT2D eigenvalue weighted by atomic mass is 127. The normalized spacial score (nSPS) is 18.3. The van der Waals surface area contributed by atoms with Crippen LogP contribution in [0.5, 0.6) is 0 Å². The minimum absolute atomic E-state index is 0. The summed E-state index contributed by atoms with van der Waals surface area (Å²) >= 11 is 0. The number of imidazole rings is 1. The summed E-state index contributed by atoms with van der Waals surface area (Å²) in [5.74, 6) is -2.73. The van der Waals surface area contributed by atoms with Crippen molar-refractivity contribution in [3.63, 3.8) is 0 Å². The van der Waals surface area contributed by atoms with Gasteiger partial charge in [-0.05, 0) is 0 Å². The summed E-state index contributed by atoms with van der Waals surface area (Å²) in [5, 5.41) is 0. The second-order valence-electron chi connectivity index (χ2n) is 3.80. The molecule has 0 radical (unpaired) electrons. The van der Waals surface area contributed by atoms with Crippen LogP contribution in [0, 0.1) is 0 Å². The third kappa shape index (κ3) is 2.69. The number of halogens is 3. The largest absolute Gasteiger partial charge is 1.00 e. The zero-order valence-electron chi connectivity index (χ0n) is 8.74. The van der Waals surface area contributed by atoms with E-state index < -0.39 is 18.5 Å². The fraction of sp³-hybridized carbons (Fsp3) is 0.556. The van der Waals surface area contributed by atoms with Crippen molar-refractivity contribution in [2.24, 2.45) is 7.05 Å². The van der Waals surface area contributed by atoms with Crippen LogP contribution in [0.15, 0.2) is 18.7 Å². The average molecular weight is 343 g/mol. The molecule has 90 valence electrons. The van der Waals surface area contributed by atoms with Crippen molar-refractivity contribution in [2.45, 2.75) is 12.3 Å². The third-order valence-electron chi connectivity index (χ3n) is 2.43. The molecule has 1 amide bonds. The number of rotatable bonds is 0. The number of nitrogens with zero attached hydrogens (tertiary/aromatic N) is 3. The van der Waals surface area contributed by atoms with E-state index in [0.717, 1.165) is 0 Å². The molecule has 2 rings (SSSR count). The second kappa shape index (κ2) is 4.64. The molecular formula is C9H12F2IN3O. The molecule has 0 aliphatic carbocycles. The second-order valence-corrected chi connectivity index (χ2v) is 3.80. The topological polar surface area (TPSA) is 29.1 Å². The van der Waals surface area contributed by atoms with Gasteiger partial charge >= 0.3 is 6.03 Å². The fourth-order valence-electron chi connectivity index (χ4n) is 1.63. The molecule has 1 aromatic rings. The van der Waals surface area contributed by atoms with Crippen LogP contribution in [0.3, 0.4) is 0 Å². The number of carbonyl (C=O) groups is 1. The first kappa shape index (κ1) is 13.3. The van der Waals surface area contributed by atoms with E-state index in [4.69, 9.17) is 0 Å². The number of likely N-dealkylation sites (tertiary alicyclic amines) is 1. The molecule has 1 fully saturated rings. The summed E-state index contributed by atoms with van der Waals surface area (Å²) in [6.07, 6.45) is 4.55. The van der Waals surface area contributed by atoms with Gasteiger partial charge in [-0.25, -0.2) is 18.1 Å². The summed E-state index contributed by atoms with van der Waals surface area (Å²) in [7, 11) is 1.77. The van der Waals surface area contributed by atoms with E-state index in [9.17, 15) is 13.6 Å². The highest BCUT2D eigenvalue weighted by molar-refractivity contribution is 5.76. The Labute approximate surface area is 109 Å². The summed E-state index contributed by atoms with van der Waals surface area (Å²) in [6.45, 7) is -0.360. The van der Waals surface area contributed by atoms with Crippen LogP contribution in [0.1, 0.15) is 6.42 Å². The molecular weight excluding hydrogens is 331 g/mol. The van der Waals surface area contributed by atoms with Crippen molar-refractivity contribution in [3.05, 3.63) is 18.7 Å². The van der Waals surface area contributed by atoms with Crippen LogP contribution < -0.4 is 28.5 Å². The van der Waals surface area contributed by atoms with Gasteiger partial charge in [0.15, 0.2) is 0 Å². The first-order chi connectivity index (χ1) is 6.98. The van der Waals surface area contributed by atoms with Gasteiger partial charge in [0.25, 0.3) is 12.2 Å². The van der Waals surface area contributed by atoms with Crippen molar-refractivity contribution in [2.75, 3.05) is 13.1 Å². The number of amides is 1. The quantitative estimate of drug-likeness (QED) is 0.382. The maximum atomic E-state index is 12.9. The van der Waals surface area contributed by atoms with E-state index in [0.29, 0.717) is 0 Å². The number of alkyl halides is 2. The van der Waals surface area contributed by atoms with Crippen LogP contribution in [-0.2, 0) is 7.05 Å². The van der Waals surface area contributed by atoms with Gasteiger partial charge in [0, 0.05) is 13.0 Å². The van der Waals surface area contributed by atoms with E-state index in [-0.39, 0.29) is 36.9 Å². The highest BCUT2D eigenvalue weighted by Crippen LogP contribution is 2.26. The number of hydrogen-bond acceptors (Lipinski definition) is 1. The van der Waals surface area contributed by atoms with Gasteiger partial charge in [-0.2, -0.15) is 4.57 Å². The van der Waals surface area contributed by atoms with Gasteiger partial charge in [-0.3, -0.25) is 4.90 Å². The van der Waals surface area contributed by atoms with E-state index in [1.54, 1.807) is 30.3 Å². The summed E-state index contributed by atoms with van der Waals surface area (Å²) in [5.41, 5.74) is 0. The molecule has 0 atom stereocenters. The lowest BCUT2D eigenvalue weighted by Gasteiger charge is -2.12. The summed E-state index contributed by atoms with van der Waals surface area (Å²) in [4.78, 5) is 12.9. The Hall–Kier alpha value is -0.730. The smallest absolute Gasteiger partial charge is 0.416 e. The number of hydrogen-bond donors (Lipinski definition) is 0. The van der Waals surface area contributed by atoms with Crippen molar-refractivity contribution < 1.29 is 42.1 Å². The molecule has 7 heteroatoms. The van der Waals surface area contributed by atoms with Crippen LogP contribution in [-0.4, -0.2) is 34.5 Å². The Balaban J connectivity index is 0.00000128. The molecule has 1 saturated heterocycles. The zero-order chi connectivity index (χ0) is 11.1. The Morgan fingerprint density at radius 1 is 1.50 bits per heavy atom. The third-order valence-corrected chi connectivity index (χ3v) is 2.43. The van der Waals surface area contributed by atoms with Crippen molar-refractivity contribution in [1.29, 1.82) is 0 Å². The Bertz CT molecular complexity index is 394. The molecule has 0 N–H and O–H groups in total. The van der Waals surface area contributed by atoms with E-state index in [1.807, 2.05) is 0 Å². The monoisotopic (exact) mass is 343 g/mol. The molecule has 1 aromatic heterocycles. The Morgan fingerprint density at radius 3 is 2.62 bits per heavy atom. The maximum Gasteiger partial charge on any atom is 0.416 e. The maximum absolute atomic E-state index is 12.9. The van der Waals surface area contributed by atoms with E-state index in [2.05, 4.69) is 0 Å². The van der Waals surface area contributed by atoms with Gasteiger partial charge in [-0.1, -0.05) is 0 Å². The van der Waals surface area contributed by atoms with Gasteiger partial charge in [0.2, 0.25) is 0 Å². The van der Waals surface area contributed by atoms with E-state index in [1.165, 1.54) is 9.47 Å². The first-order valence-corrected chi connectivity index (χ1v) is 4.68. The Morgan fingerprint density at radius 2 is 2.19 bits per heavy atom. The molecule has 1 aliphatic rings. The van der Waals surface area contributed by atoms with Crippen LogP contribution in [0.25, 0.3) is 0 Å². The molecule has 2 heterocycles. The predicted molar refractivity (Wildman–Crippen MR) is 47.5 cm³/mol.